The van der Waals surface area contributed by atoms with Gasteiger partial charge in [-0.15, -0.1) is 0 Å². The lowest BCUT2D eigenvalue weighted by molar-refractivity contribution is 1.18. The summed E-state index contributed by atoms with van der Waals surface area (Å²) in [6.45, 7) is 0. The van der Waals surface area contributed by atoms with Crippen molar-refractivity contribution in [1.29, 1.82) is 0 Å². The summed E-state index contributed by atoms with van der Waals surface area (Å²) in [4.78, 5) is 0. The maximum atomic E-state index is 2.54. The number of hydrogen-bond donors (Lipinski definition) is 0. The maximum absolute atomic E-state index is 2.54. The van der Waals surface area contributed by atoms with Crippen molar-refractivity contribution >= 4 is 86.7 Å². The smallest absolute Gasteiger partial charge is 0.0648 e. The van der Waals surface area contributed by atoms with E-state index in [4.69, 9.17) is 0 Å². The van der Waals surface area contributed by atoms with Crippen molar-refractivity contribution in [3.8, 4) is 11.4 Å². The average molecular weight is 609 g/mol. The van der Waals surface area contributed by atoms with E-state index >= 15 is 0 Å². The molecule has 0 N–H and O–H groups in total. The number of hydrogen-bond acceptors (Lipinski definition) is 0. The van der Waals surface area contributed by atoms with Gasteiger partial charge in [0.25, 0.3) is 0 Å². The first-order chi connectivity index (χ1) is 23.8. The summed E-state index contributed by atoms with van der Waals surface area (Å²) in [6, 6.07) is 62.4. The molecule has 11 aromatic rings. The lowest BCUT2D eigenvalue weighted by Crippen LogP contribution is -1.96. The van der Waals surface area contributed by atoms with Crippen LogP contribution in [0.15, 0.2) is 170 Å². The van der Waals surface area contributed by atoms with Gasteiger partial charge in [0.05, 0.1) is 22.1 Å². The third-order valence-electron chi connectivity index (χ3n) is 10.4. The van der Waals surface area contributed by atoms with Crippen molar-refractivity contribution < 1.29 is 0 Å². The molecule has 0 fully saturated rings. The van der Waals surface area contributed by atoms with Gasteiger partial charge in [0, 0.05) is 38.3 Å². The van der Waals surface area contributed by atoms with Gasteiger partial charge < -0.3 is 9.13 Å². The van der Waals surface area contributed by atoms with Gasteiger partial charge in [0.1, 0.15) is 0 Å². The van der Waals surface area contributed by atoms with E-state index in [1.165, 1.54) is 98.1 Å². The van der Waals surface area contributed by atoms with Crippen LogP contribution >= 0.6 is 0 Å². The first-order valence-electron chi connectivity index (χ1n) is 16.6. The quantitative estimate of drug-likeness (QED) is 0.173. The molecule has 222 valence electrons. The van der Waals surface area contributed by atoms with E-state index in [1.54, 1.807) is 0 Å². The van der Waals surface area contributed by atoms with Gasteiger partial charge in [-0.25, -0.2) is 0 Å². The molecule has 0 saturated heterocycles. The fourth-order valence-electron chi connectivity index (χ4n) is 8.45. The van der Waals surface area contributed by atoms with Gasteiger partial charge >= 0.3 is 0 Å². The summed E-state index contributed by atoms with van der Waals surface area (Å²) in [6.07, 6.45) is 0. The highest BCUT2D eigenvalue weighted by Gasteiger charge is 2.25. The zero-order chi connectivity index (χ0) is 31.3. The van der Waals surface area contributed by atoms with E-state index in [9.17, 15) is 0 Å². The van der Waals surface area contributed by atoms with E-state index in [-0.39, 0.29) is 0 Å². The standard InChI is InChI=1S/C46H28N2/c1-2-14-32(15-3-1)47-40-21-11-10-20-39(40)44-45(47)38-19-9-8-18-37(38)43-42-36-17-7-5-13-30(36)24-27-41(42)48(46(43)44)33-25-26-35-31(28-33)23-22-29-12-4-6-16-34(29)35/h1-28H. The molecule has 11 rings (SSSR count). The molecule has 48 heavy (non-hydrogen) atoms. The molecule has 0 radical (unpaired) electrons. The van der Waals surface area contributed by atoms with Crippen molar-refractivity contribution in [2.45, 2.75) is 0 Å². The van der Waals surface area contributed by atoms with Crippen molar-refractivity contribution in [1.82, 2.24) is 9.13 Å². The molecule has 2 nitrogen and oxygen atoms in total. The second kappa shape index (κ2) is 9.57. The van der Waals surface area contributed by atoms with Crippen LogP contribution in [0.3, 0.4) is 0 Å². The second-order valence-corrected chi connectivity index (χ2v) is 12.9. The van der Waals surface area contributed by atoms with Crippen LogP contribution in [0.1, 0.15) is 0 Å². The number of aromatic nitrogens is 2. The maximum Gasteiger partial charge on any atom is 0.0648 e. The molecule has 0 spiro atoms. The molecule has 0 saturated carbocycles. The summed E-state index contributed by atoms with van der Waals surface area (Å²) in [5.74, 6) is 0. The summed E-state index contributed by atoms with van der Waals surface area (Å²) in [5, 5.41) is 15.3. The molecule has 2 aromatic heterocycles. The zero-order valence-corrected chi connectivity index (χ0v) is 26.1. The molecule has 0 aliphatic rings. The van der Waals surface area contributed by atoms with E-state index in [0.717, 1.165) is 0 Å². The second-order valence-electron chi connectivity index (χ2n) is 12.9. The summed E-state index contributed by atoms with van der Waals surface area (Å²) in [5.41, 5.74) is 7.26. The third-order valence-corrected chi connectivity index (χ3v) is 10.4. The average Bonchev–Trinajstić information content (AvgIpc) is 3.69. The van der Waals surface area contributed by atoms with Gasteiger partial charge in [-0.05, 0) is 74.1 Å². The highest BCUT2D eigenvalue weighted by molar-refractivity contribution is 6.39. The van der Waals surface area contributed by atoms with Gasteiger partial charge in [0.15, 0.2) is 0 Å². The van der Waals surface area contributed by atoms with E-state index in [1.807, 2.05) is 0 Å². The van der Waals surface area contributed by atoms with Crippen LogP contribution in [-0.2, 0) is 0 Å². The molecule has 0 bridgehead atoms. The minimum Gasteiger partial charge on any atom is -0.309 e. The Labute approximate surface area is 276 Å². The molecular formula is C46H28N2. The first-order valence-corrected chi connectivity index (χ1v) is 16.6. The Morgan fingerprint density at radius 2 is 0.854 bits per heavy atom. The summed E-state index contributed by atoms with van der Waals surface area (Å²) < 4.78 is 5.02. The number of nitrogens with zero attached hydrogens (tertiary/aromatic N) is 2. The largest absolute Gasteiger partial charge is 0.309 e. The number of benzene rings is 9. The van der Waals surface area contributed by atoms with Crippen molar-refractivity contribution in [3.63, 3.8) is 0 Å². The van der Waals surface area contributed by atoms with E-state index in [2.05, 4.69) is 179 Å². The Morgan fingerprint density at radius 3 is 1.69 bits per heavy atom. The molecule has 2 heteroatoms. The van der Waals surface area contributed by atoms with Crippen LogP contribution in [0.4, 0.5) is 0 Å². The molecule has 0 aliphatic carbocycles. The number of fused-ring (bicyclic) bond motifs is 15. The van der Waals surface area contributed by atoms with Crippen LogP contribution < -0.4 is 0 Å². The topological polar surface area (TPSA) is 9.86 Å². The summed E-state index contributed by atoms with van der Waals surface area (Å²) in [7, 11) is 0. The van der Waals surface area contributed by atoms with Crippen LogP contribution in [0.5, 0.6) is 0 Å². The Bertz CT molecular complexity index is 3100. The van der Waals surface area contributed by atoms with E-state index < -0.39 is 0 Å². The van der Waals surface area contributed by atoms with Gasteiger partial charge in [-0.3, -0.25) is 0 Å². The fourth-order valence-corrected chi connectivity index (χ4v) is 8.45. The predicted molar refractivity (Wildman–Crippen MR) is 205 cm³/mol. The molecule has 0 unspecified atom stereocenters. The third kappa shape index (κ3) is 3.36. The lowest BCUT2D eigenvalue weighted by atomic mass is 9.97. The zero-order valence-electron chi connectivity index (χ0n) is 26.1. The Kier molecular flexibility index (Phi) is 5.14. The minimum atomic E-state index is 1.17. The van der Waals surface area contributed by atoms with Gasteiger partial charge in [-0.1, -0.05) is 133 Å². The molecule has 0 amide bonds. The van der Waals surface area contributed by atoms with Crippen molar-refractivity contribution in [3.05, 3.63) is 170 Å². The molecule has 2 heterocycles. The highest BCUT2D eigenvalue weighted by atomic mass is 15.0. The number of rotatable bonds is 2. The SMILES string of the molecule is c1ccc(-n2c3ccccc3c3c2c2ccccc2c2c4c5ccccc5ccc4n(-c4ccc5c(ccc6ccccc65)c4)c23)cc1. The summed E-state index contributed by atoms with van der Waals surface area (Å²) >= 11 is 0. The Balaban J connectivity index is 1.43. The highest BCUT2D eigenvalue weighted by Crippen LogP contribution is 2.48. The van der Waals surface area contributed by atoms with Crippen LogP contribution in [0, 0.1) is 0 Å². The Morgan fingerprint density at radius 1 is 0.271 bits per heavy atom. The first kappa shape index (κ1) is 25.8. The van der Waals surface area contributed by atoms with Crippen LogP contribution in [-0.4, -0.2) is 9.13 Å². The Hall–Kier alpha value is -6.38. The van der Waals surface area contributed by atoms with Crippen molar-refractivity contribution in [2.75, 3.05) is 0 Å². The van der Waals surface area contributed by atoms with Gasteiger partial charge in [-0.2, -0.15) is 0 Å². The van der Waals surface area contributed by atoms with Gasteiger partial charge in [0.2, 0.25) is 0 Å². The number of para-hydroxylation sites is 2. The predicted octanol–water partition coefficient (Wildman–Crippen LogP) is 12.5. The molecule has 0 aliphatic heterocycles. The normalized spacial score (nSPS) is 12.2. The van der Waals surface area contributed by atoms with Crippen molar-refractivity contribution in [2.24, 2.45) is 0 Å². The minimum absolute atomic E-state index is 1.17. The van der Waals surface area contributed by atoms with Crippen LogP contribution in [0.25, 0.3) is 98.1 Å². The monoisotopic (exact) mass is 608 g/mol. The van der Waals surface area contributed by atoms with E-state index in [0.29, 0.717) is 0 Å². The molecule has 0 atom stereocenters. The molecular weight excluding hydrogens is 581 g/mol. The fraction of sp³-hybridized carbons (Fsp3) is 0. The molecule has 9 aromatic carbocycles. The van der Waals surface area contributed by atoms with Crippen LogP contribution in [0.2, 0.25) is 0 Å². The lowest BCUT2D eigenvalue weighted by Gasteiger charge is -2.14.